The fraction of sp³-hybridized carbons (Fsp3) is 0.188. The maximum atomic E-state index is 4.69. The summed E-state index contributed by atoms with van der Waals surface area (Å²) >= 11 is 1.70. The van der Waals surface area contributed by atoms with Crippen LogP contribution in [0.4, 0.5) is 10.8 Å². The maximum Gasteiger partial charge on any atom is 0.188 e. The minimum absolute atomic E-state index is 0.956. The third kappa shape index (κ3) is 2.34. The molecule has 0 aliphatic rings. The Morgan fingerprint density at radius 1 is 1.00 bits per heavy atom. The van der Waals surface area contributed by atoms with Crippen LogP contribution in [0.2, 0.25) is 0 Å². The van der Waals surface area contributed by atoms with E-state index in [2.05, 4.69) is 67.5 Å². The topological polar surface area (TPSA) is 24.9 Å². The van der Waals surface area contributed by atoms with Gasteiger partial charge in [0, 0.05) is 5.69 Å². The zero-order valence-corrected chi connectivity index (χ0v) is 12.1. The molecule has 0 unspecified atom stereocenters. The number of hydrogen-bond donors (Lipinski definition) is 1. The van der Waals surface area contributed by atoms with Gasteiger partial charge in [-0.1, -0.05) is 35.6 Å². The van der Waals surface area contributed by atoms with Crippen LogP contribution >= 0.6 is 11.3 Å². The van der Waals surface area contributed by atoms with Crippen molar-refractivity contribution in [2.45, 2.75) is 20.8 Å². The smallest absolute Gasteiger partial charge is 0.188 e. The van der Waals surface area contributed by atoms with E-state index >= 15 is 0 Å². The van der Waals surface area contributed by atoms with Crippen LogP contribution in [0.25, 0.3) is 10.2 Å². The quantitative estimate of drug-likeness (QED) is 0.710. The monoisotopic (exact) mass is 268 g/mol. The van der Waals surface area contributed by atoms with Crippen LogP contribution in [-0.4, -0.2) is 4.98 Å². The second-order valence-electron chi connectivity index (χ2n) is 4.88. The first-order valence-electron chi connectivity index (χ1n) is 6.34. The van der Waals surface area contributed by atoms with Gasteiger partial charge in [-0.2, -0.15) is 0 Å². The van der Waals surface area contributed by atoms with Gasteiger partial charge >= 0.3 is 0 Å². The van der Waals surface area contributed by atoms with E-state index in [1.165, 1.54) is 21.4 Å². The third-order valence-corrected chi connectivity index (χ3v) is 4.19. The van der Waals surface area contributed by atoms with Gasteiger partial charge in [-0.3, -0.25) is 0 Å². The fourth-order valence-electron chi connectivity index (χ4n) is 2.13. The van der Waals surface area contributed by atoms with Crippen LogP contribution in [-0.2, 0) is 0 Å². The molecular formula is C16H16N2S. The van der Waals surface area contributed by atoms with Gasteiger partial charge in [0.2, 0.25) is 0 Å². The highest BCUT2D eigenvalue weighted by Crippen LogP contribution is 2.31. The number of hydrogen-bond acceptors (Lipinski definition) is 3. The summed E-state index contributed by atoms with van der Waals surface area (Å²) in [5.74, 6) is 0. The van der Waals surface area contributed by atoms with Gasteiger partial charge in [0.1, 0.15) is 0 Å². The lowest BCUT2D eigenvalue weighted by Gasteiger charge is -2.07. The van der Waals surface area contributed by atoms with Gasteiger partial charge in [0.05, 0.1) is 10.2 Å². The van der Waals surface area contributed by atoms with E-state index in [0.717, 1.165) is 16.3 Å². The number of nitrogens with zero attached hydrogens (tertiary/aromatic N) is 1. The molecule has 3 rings (SSSR count). The average molecular weight is 268 g/mol. The molecule has 2 nitrogen and oxygen atoms in total. The molecule has 0 spiro atoms. The fourth-order valence-corrected chi connectivity index (χ4v) is 3.08. The Labute approximate surface area is 117 Å². The molecule has 3 heteroatoms. The standard InChI is InChI=1S/C16H16N2S/c1-10-7-8-11(2)13(9-10)17-16-18-15-12(3)5-4-6-14(15)19-16/h4-9H,1-3H3,(H,17,18). The van der Waals surface area contributed by atoms with Crippen LogP contribution in [0.15, 0.2) is 36.4 Å². The molecule has 0 aliphatic carbocycles. The molecule has 19 heavy (non-hydrogen) atoms. The summed E-state index contributed by atoms with van der Waals surface area (Å²) in [5, 5.41) is 4.39. The number of aromatic nitrogens is 1. The van der Waals surface area contributed by atoms with Crippen molar-refractivity contribution >= 4 is 32.4 Å². The number of aryl methyl sites for hydroxylation is 3. The van der Waals surface area contributed by atoms with Gasteiger partial charge in [-0.15, -0.1) is 0 Å². The predicted molar refractivity (Wildman–Crippen MR) is 83.6 cm³/mol. The molecule has 0 amide bonds. The molecule has 0 aliphatic heterocycles. The van der Waals surface area contributed by atoms with Crippen molar-refractivity contribution in [1.29, 1.82) is 0 Å². The molecule has 96 valence electrons. The van der Waals surface area contributed by atoms with E-state index < -0.39 is 0 Å². The van der Waals surface area contributed by atoms with Crippen molar-refractivity contribution in [3.05, 3.63) is 53.1 Å². The van der Waals surface area contributed by atoms with E-state index in [1.807, 2.05) is 0 Å². The molecule has 1 heterocycles. The minimum Gasteiger partial charge on any atom is -0.331 e. The lowest BCUT2D eigenvalue weighted by molar-refractivity contribution is 1.35. The normalized spacial score (nSPS) is 10.9. The highest BCUT2D eigenvalue weighted by Gasteiger charge is 2.07. The molecule has 0 saturated carbocycles. The van der Waals surface area contributed by atoms with E-state index in [0.29, 0.717) is 0 Å². The number of fused-ring (bicyclic) bond motifs is 1. The lowest BCUT2D eigenvalue weighted by Crippen LogP contribution is -1.93. The van der Waals surface area contributed by atoms with Gasteiger partial charge in [0.25, 0.3) is 0 Å². The Hall–Kier alpha value is -1.87. The van der Waals surface area contributed by atoms with E-state index in [9.17, 15) is 0 Å². The van der Waals surface area contributed by atoms with E-state index in [4.69, 9.17) is 0 Å². The molecular weight excluding hydrogens is 252 g/mol. The van der Waals surface area contributed by atoms with Crippen molar-refractivity contribution in [2.24, 2.45) is 0 Å². The van der Waals surface area contributed by atoms with Crippen molar-refractivity contribution in [3.63, 3.8) is 0 Å². The zero-order chi connectivity index (χ0) is 13.4. The average Bonchev–Trinajstić information content (AvgIpc) is 2.78. The second-order valence-corrected chi connectivity index (χ2v) is 5.91. The third-order valence-electron chi connectivity index (χ3n) is 3.26. The highest BCUT2D eigenvalue weighted by molar-refractivity contribution is 7.22. The Kier molecular flexibility index (Phi) is 2.99. The van der Waals surface area contributed by atoms with Crippen LogP contribution in [0.1, 0.15) is 16.7 Å². The molecule has 0 saturated heterocycles. The molecule has 0 fully saturated rings. The first kappa shape index (κ1) is 12.2. The summed E-state index contributed by atoms with van der Waals surface area (Å²) in [5.41, 5.74) is 5.95. The first-order chi connectivity index (χ1) is 9.13. The summed E-state index contributed by atoms with van der Waals surface area (Å²) < 4.78 is 1.23. The summed E-state index contributed by atoms with van der Waals surface area (Å²) in [6, 6.07) is 12.7. The van der Waals surface area contributed by atoms with Crippen molar-refractivity contribution < 1.29 is 0 Å². The highest BCUT2D eigenvalue weighted by atomic mass is 32.1. The number of anilines is 2. The van der Waals surface area contributed by atoms with Crippen molar-refractivity contribution in [2.75, 3.05) is 5.32 Å². The summed E-state index contributed by atoms with van der Waals surface area (Å²) in [6.07, 6.45) is 0. The van der Waals surface area contributed by atoms with Crippen LogP contribution in [0.5, 0.6) is 0 Å². The summed E-state index contributed by atoms with van der Waals surface area (Å²) in [6.45, 7) is 6.32. The second kappa shape index (κ2) is 4.67. The SMILES string of the molecule is Cc1ccc(C)c(Nc2nc3c(C)cccc3s2)c1. The van der Waals surface area contributed by atoms with Crippen LogP contribution < -0.4 is 5.32 Å². The summed E-state index contributed by atoms with van der Waals surface area (Å²) in [7, 11) is 0. The van der Waals surface area contributed by atoms with Crippen molar-refractivity contribution in [3.8, 4) is 0 Å². The van der Waals surface area contributed by atoms with Crippen LogP contribution in [0.3, 0.4) is 0 Å². The Morgan fingerprint density at radius 3 is 2.63 bits per heavy atom. The van der Waals surface area contributed by atoms with Gasteiger partial charge < -0.3 is 5.32 Å². The predicted octanol–water partition coefficient (Wildman–Crippen LogP) is 4.97. The van der Waals surface area contributed by atoms with Gasteiger partial charge in [-0.05, 0) is 49.6 Å². The Morgan fingerprint density at radius 2 is 1.84 bits per heavy atom. The molecule has 3 aromatic rings. The molecule has 0 radical (unpaired) electrons. The van der Waals surface area contributed by atoms with Gasteiger partial charge in [0.15, 0.2) is 5.13 Å². The van der Waals surface area contributed by atoms with Crippen LogP contribution in [0, 0.1) is 20.8 Å². The lowest BCUT2D eigenvalue weighted by atomic mass is 10.1. The minimum atomic E-state index is 0.956. The zero-order valence-electron chi connectivity index (χ0n) is 11.3. The molecule has 1 N–H and O–H groups in total. The number of nitrogens with one attached hydrogen (secondary N) is 1. The van der Waals surface area contributed by atoms with Crippen molar-refractivity contribution in [1.82, 2.24) is 4.98 Å². The molecule has 0 atom stereocenters. The first-order valence-corrected chi connectivity index (χ1v) is 7.15. The molecule has 2 aromatic carbocycles. The van der Waals surface area contributed by atoms with Gasteiger partial charge in [-0.25, -0.2) is 4.98 Å². The molecule has 0 bridgehead atoms. The summed E-state index contributed by atoms with van der Waals surface area (Å²) in [4.78, 5) is 4.69. The van der Waals surface area contributed by atoms with E-state index in [-0.39, 0.29) is 0 Å². The van der Waals surface area contributed by atoms with E-state index in [1.54, 1.807) is 11.3 Å². The number of benzene rings is 2. The Bertz CT molecular complexity index is 744. The number of para-hydroxylation sites is 1. The number of thiazole rings is 1. The maximum absolute atomic E-state index is 4.69. The largest absolute Gasteiger partial charge is 0.331 e. The number of rotatable bonds is 2. The Balaban J connectivity index is 2.01. The molecule has 1 aromatic heterocycles.